The topological polar surface area (TPSA) is 107 Å². The summed E-state index contributed by atoms with van der Waals surface area (Å²) in [6.07, 6.45) is 3.85. The Morgan fingerprint density at radius 3 is 2.14 bits per heavy atom. The third-order valence-corrected chi connectivity index (χ3v) is 12.2. The van der Waals surface area contributed by atoms with E-state index in [1.807, 2.05) is 6.92 Å². The quantitative estimate of drug-likeness (QED) is 0.380. The van der Waals surface area contributed by atoms with Gasteiger partial charge in [-0.15, -0.1) is 0 Å². The molecule has 0 radical (unpaired) electrons. The van der Waals surface area contributed by atoms with E-state index in [2.05, 4.69) is 34.3 Å². The number of ether oxygens (including phenoxy) is 1. The second-order valence-corrected chi connectivity index (χ2v) is 14.3. The van der Waals surface area contributed by atoms with Crippen LogP contribution in [0.15, 0.2) is 12.2 Å². The lowest BCUT2D eigenvalue weighted by molar-refractivity contribution is -0.247. The van der Waals surface area contributed by atoms with E-state index in [0.29, 0.717) is 19.3 Å². The summed E-state index contributed by atoms with van der Waals surface area (Å²) in [5, 5.41) is 43.8. The third-order valence-electron chi connectivity index (χ3n) is 12.2. The Balaban J connectivity index is 1.73. The van der Waals surface area contributed by atoms with Crippen LogP contribution in [-0.2, 0) is 9.53 Å². The summed E-state index contributed by atoms with van der Waals surface area (Å²) in [6, 6.07) is 0. The van der Waals surface area contributed by atoms with Gasteiger partial charge in [0, 0.05) is 17.3 Å². The van der Waals surface area contributed by atoms with Crippen molar-refractivity contribution in [3.63, 3.8) is 0 Å². The summed E-state index contributed by atoms with van der Waals surface area (Å²) < 4.78 is 6.59. The highest BCUT2D eigenvalue weighted by Crippen LogP contribution is 2.74. The molecule has 0 aromatic heterocycles. The molecule has 6 nitrogen and oxygen atoms in total. The molecule has 4 N–H and O–H groups in total. The van der Waals surface area contributed by atoms with E-state index in [1.165, 1.54) is 0 Å². The lowest BCUT2D eigenvalue weighted by Crippen LogP contribution is -2.67. The molecule has 4 aliphatic rings. The number of carbonyl (C=O) groups is 1. The fourth-order valence-corrected chi connectivity index (χ4v) is 9.98. The minimum absolute atomic E-state index is 0.0441. The molecule has 4 rings (SSSR count). The van der Waals surface area contributed by atoms with E-state index in [1.54, 1.807) is 13.8 Å². The standard InChI is InChI=1S/C30H50O6/c1-17(2)19-15-23(32)30(8)21(27(19,5)13-12-25(33)34)10-9-18-20(16-22(31)29(18,30)7)28(6)14-11-24(36-28)26(3,4)35/h18-24,31-32,35H,1,9-16H2,2-8H3,(H,33,34). The van der Waals surface area contributed by atoms with Crippen molar-refractivity contribution >= 4 is 5.97 Å². The Morgan fingerprint density at radius 2 is 1.61 bits per heavy atom. The van der Waals surface area contributed by atoms with Crippen LogP contribution in [0.25, 0.3) is 0 Å². The summed E-state index contributed by atoms with van der Waals surface area (Å²) in [6.45, 7) is 18.6. The summed E-state index contributed by atoms with van der Waals surface area (Å²) in [4.78, 5) is 11.6. The highest BCUT2D eigenvalue weighted by molar-refractivity contribution is 5.66. The number of rotatable bonds is 6. The van der Waals surface area contributed by atoms with Gasteiger partial charge in [0.2, 0.25) is 0 Å². The van der Waals surface area contributed by atoms with Gasteiger partial charge in [0.15, 0.2) is 0 Å². The zero-order chi connectivity index (χ0) is 27.1. The molecule has 0 bridgehead atoms. The largest absolute Gasteiger partial charge is 0.481 e. The van der Waals surface area contributed by atoms with Crippen LogP contribution in [0.2, 0.25) is 0 Å². The van der Waals surface area contributed by atoms with E-state index in [4.69, 9.17) is 4.74 Å². The zero-order valence-corrected chi connectivity index (χ0v) is 23.5. The predicted molar refractivity (Wildman–Crippen MR) is 139 cm³/mol. The first-order valence-corrected chi connectivity index (χ1v) is 14.1. The number of hydrogen-bond acceptors (Lipinski definition) is 5. The van der Waals surface area contributed by atoms with Crippen molar-refractivity contribution in [2.45, 2.75) is 129 Å². The zero-order valence-electron chi connectivity index (χ0n) is 23.5. The Morgan fingerprint density at radius 1 is 1.00 bits per heavy atom. The van der Waals surface area contributed by atoms with Crippen LogP contribution in [-0.4, -0.2) is 55.9 Å². The number of aliphatic carboxylic acids is 1. The van der Waals surface area contributed by atoms with Crippen LogP contribution in [0, 0.1) is 39.9 Å². The summed E-state index contributed by atoms with van der Waals surface area (Å²) in [5.41, 5.74) is -1.73. The molecule has 3 aliphatic carbocycles. The van der Waals surface area contributed by atoms with Gasteiger partial charge < -0.3 is 25.2 Å². The van der Waals surface area contributed by atoms with E-state index < -0.39 is 40.2 Å². The van der Waals surface area contributed by atoms with Gasteiger partial charge in [-0.2, -0.15) is 0 Å². The number of hydrogen-bond donors (Lipinski definition) is 4. The first-order chi connectivity index (χ1) is 16.4. The second kappa shape index (κ2) is 8.79. The first-order valence-electron chi connectivity index (χ1n) is 14.1. The number of aliphatic hydroxyl groups excluding tert-OH is 2. The number of allylic oxidation sites excluding steroid dienone is 1. The molecule has 11 unspecified atom stereocenters. The van der Waals surface area contributed by atoms with Gasteiger partial charge in [-0.25, -0.2) is 0 Å². The molecule has 6 heteroatoms. The van der Waals surface area contributed by atoms with Crippen molar-refractivity contribution < 1.29 is 30.0 Å². The highest BCUT2D eigenvalue weighted by Gasteiger charge is 2.73. The Kier molecular flexibility index (Phi) is 6.85. The molecule has 0 spiro atoms. The SMILES string of the molecule is C=C(C)C1CC(O)C2(C)C(CCC3C(C4(C)CCC(C(C)(C)O)O4)CC(O)C32C)C1(C)CCC(=O)O. The van der Waals surface area contributed by atoms with Crippen LogP contribution < -0.4 is 0 Å². The molecule has 1 saturated heterocycles. The van der Waals surface area contributed by atoms with Crippen LogP contribution >= 0.6 is 0 Å². The van der Waals surface area contributed by atoms with E-state index >= 15 is 0 Å². The molecule has 0 aromatic carbocycles. The molecule has 1 aliphatic heterocycles. The average molecular weight is 507 g/mol. The van der Waals surface area contributed by atoms with E-state index in [-0.39, 0.29) is 41.6 Å². The monoisotopic (exact) mass is 506 g/mol. The molecule has 0 aromatic rings. The van der Waals surface area contributed by atoms with Gasteiger partial charge >= 0.3 is 5.97 Å². The van der Waals surface area contributed by atoms with Crippen molar-refractivity contribution in [2.75, 3.05) is 0 Å². The van der Waals surface area contributed by atoms with Gasteiger partial charge in [-0.3, -0.25) is 4.79 Å². The third kappa shape index (κ3) is 3.84. The van der Waals surface area contributed by atoms with Gasteiger partial charge in [0.1, 0.15) is 0 Å². The van der Waals surface area contributed by atoms with E-state index in [0.717, 1.165) is 31.3 Å². The fourth-order valence-electron chi connectivity index (χ4n) is 9.98. The minimum atomic E-state index is -0.912. The second-order valence-electron chi connectivity index (χ2n) is 14.3. The van der Waals surface area contributed by atoms with Crippen molar-refractivity contribution in [1.29, 1.82) is 0 Å². The van der Waals surface area contributed by atoms with Crippen molar-refractivity contribution in [3.05, 3.63) is 12.2 Å². The molecule has 11 atom stereocenters. The molecule has 1 heterocycles. The molecular formula is C30H50O6. The number of carboxylic acid groups (broad SMARTS) is 1. The van der Waals surface area contributed by atoms with Crippen molar-refractivity contribution in [1.82, 2.24) is 0 Å². The summed E-state index contributed by atoms with van der Waals surface area (Å²) in [5.74, 6) is -0.357. The molecular weight excluding hydrogens is 456 g/mol. The maximum absolute atomic E-state index is 11.9. The van der Waals surface area contributed by atoms with Gasteiger partial charge in [-0.1, -0.05) is 32.9 Å². The van der Waals surface area contributed by atoms with Crippen molar-refractivity contribution in [3.8, 4) is 0 Å². The van der Waals surface area contributed by atoms with E-state index in [9.17, 15) is 25.2 Å². The molecule has 36 heavy (non-hydrogen) atoms. The van der Waals surface area contributed by atoms with Crippen LogP contribution in [0.3, 0.4) is 0 Å². The summed E-state index contributed by atoms with van der Waals surface area (Å²) in [7, 11) is 0. The lowest BCUT2D eigenvalue weighted by Gasteiger charge is -2.68. The smallest absolute Gasteiger partial charge is 0.303 e. The number of fused-ring (bicyclic) bond motifs is 3. The number of aliphatic hydroxyl groups is 3. The number of carboxylic acids is 1. The Bertz CT molecular complexity index is 894. The van der Waals surface area contributed by atoms with Crippen molar-refractivity contribution in [2.24, 2.45) is 39.9 Å². The van der Waals surface area contributed by atoms with Gasteiger partial charge in [0.05, 0.1) is 29.5 Å². The lowest BCUT2D eigenvalue weighted by atomic mass is 9.37. The predicted octanol–water partition coefficient (Wildman–Crippen LogP) is 4.94. The summed E-state index contributed by atoms with van der Waals surface area (Å²) >= 11 is 0. The van der Waals surface area contributed by atoms with Gasteiger partial charge in [-0.05, 0) is 102 Å². The maximum Gasteiger partial charge on any atom is 0.303 e. The average Bonchev–Trinajstić information content (AvgIpc) is 3.30. The van der Waals surface area contributed by atoms with Gasteiger partial charge in [0.25, 0.3) is 0 Å². The highest BCUT2D eigenvalue weighted by atomic mass is 16.5. The Hall–Kier alpha value is -0.950. The molecule has 3 saturated carbocycles. The first kappa shape index (κ1) is 28.1. The normalized spacial score (nSPS) is 51.0. The molecule has 0 amide bonds. The fraction of sp³-hybridized carbons (Fsp3) is 0.900. The van der Waals surface area contributed by atoms with Crippen LogP contribution in [0.4, 0.5) is 0 Å². The minimum Gasteiger partial charge on any atom is -0.481 e. The van der Waals surface area contributed by atoms with Crippen LogP contribution in [0.1, 0.15) is 99.8 Å². The molecule has 206 valence electrons. The van der Waals surface area contributed by atoms with Crippen LogP contribution in [0.5, 0.6) is 0 Å². The maximum atomic E-state index is 11.9. The Labute approximate surface area is 217 Å². The molecule has 4 fully saturated rings.